The fraction of sp³-hybridized carbons (Fsp3) is 0.333. The Bertz CT molecular complexity index is 553. The molecular formula is C15H21N5. The third-order valence-corrected chi connectivity index (χ3v) is 3.07. The van der Waals surface area contributed by atoms with Crippen molar-refractivity contribution in [2.75, 3.05) is 10.7 Å². The largest absolute Gasteiger partial charge is 0.363 e. The number of aromatic nitrogens is 2. The predicted octanol–water partition coefficient (Wildman–Crippen LogP) is 3.06. The summed E-state index contributed by atoms with van der Waals surface area (Å²) in [7, 11) is 0. The lowest BCUT2D eigenvalue weighted by molar-refractivity contribution is 0.769. The number of anilines is 2. The standard InChI is InChI=1S/C15H21N5/c1-10(2)15-18-13(9-14(19-15)20-16)17-11(3)12-7-5-4-6-8-12/h4-11H,16H2,1-3H3,(H2,17,18,19,20). The highest BCUT2D eigenvalue weighted by molar-refractivity contribution is 5.48. The molecule has 1 unspecified atom stereocenters. The van der Waals surface area contributed by atoms with E-state index in [1.807, 2.05) is 24.3 Å². The number of hydrogen-bond acceptors (Lipinski definition) is 5. The van der Waals surface area contributed by atoms with Gasteiger partial charge < -0.3 is 10.7 Å². The number of nitrogens with two attached hydrogens (primary N) is 1. The van der Waals surface area contributed by atoms with E-state index in [1.54, 1.807) is 0 Å². The lowest BCUT2D eigenvalue weighted by atomic mass is 10.1. The van der Waals surface area contributed by atoms with Crippen LogP contribution >= 0.6 is 0 Å². The Morgan fingerprint density at radius 2 is 1.65 bits per heavy atom. The Kier molecular flexibility index (Phi) is 4.53. The van der Waals surface area contributed by atoms with E-state index in [9.17, 15) is 0 Å². The van der Waals surface area contributed by atoms with Gasteiger partial charge in [-0.1, -0.05) is 44.2 Å². The van der Waals surface area contributed by atoms with Crippen molar-refractivity contribution >= 4 is 11.6 Å². The fourth-order valence-electron chi connectivity index (χ4n) is 1.92. The zero-order valence-electron chi connectivity index (χ0n) is 12.1. The third kappa shape index (κ3) is 3.45. The van der Waals surface area contributed by atoms with Gasteiger partial charge in [0.2, 0.25) is 0 Å². The van der Waals surface area contributed by atoms with Gasteiger partial charge in [0.15, 0.2) is 0 Å². The second kappa shape index (κ2) is 6.34. The first-order valence-electron chi connectivity index (χ1n) is 6.77. The maximum Gasteiger partial charge on any atom is 0.145 e. The van der Waals surface area contributed by atoms with Gasteiger partial charge in [-0.25, -0.2) is 15.8 Å². The average Bonchev–Trinajstić information content (AvgIpc) is 2.47. The van der Waals surface area contributed by atoms with Crippen molar-refractivity contribution in [3.05, 3.63) is 47.8 Å². The van der Waals surface area contributed by atoms with E-state index in [2.05, 4.69) is 53.6 Å². The van der Waals surface area contributed by atoms with Gasteiger partial charge in [-0.2, -0.15) is 0 Å². The Balaban J connectivity index is 2.22. The Hall–Kier alpha value is -2.14. The summed E-state index contributed by atoms with van der Waals surface area (Å²) in [6.07, 6.45) is 0. The molecule has 0 amide bonds. The van der Waals surface area contributed by atoms with Crippen molar-refractivity contribution in [2.24, 2.45) is 5.84 Å². The number of nitrogens with zero attached hydrogens (tertiary/aromatic N) is 2. The van der Waals surface area contributed by atoms with Crippen LogP contribution in [0.15, 0.2) is 36.4 Å². The van der Waals surface area contributed by atoms with E-state index >= 15 is 0 Å². The predicted molar refractivity (Wildman–Crippen MR) is 82.4 cm³/mol. The minimum Gasteiger partial charge on any atom is -0.363 e. The Labute approximate surface area is 119 Å². The van der Waals surface area contributed by atoms with Gasteiger partial charge in [-0.15, -0.1) is 0 Å². The van der Waals surface area contributed by atoms with E-state index in [0.29, 0.717) is 5.82 Å². The van der Waals surface area contributed by atoms with Gasteiger partial charge in [0.25, 0.3) is 0 Å². The van der Waals surface area contributed by atoms with Gasteiger partial charge in [0.1, 0.15) is 17.5 Å². The molecule has 1 atom stereocenters. The van der Waals surface area contributed by atoms with Crippen LogP contribution in [0.25, 0.3) is 0 Å². The van der Waals surface area contributed by atoms with Gasteiger partial charge in [-0.3, -0.25) is 0 Å². The molecule has 0 aliphatic carbocycles. The van der Waals surface area contributed by atoms with Crippen LogP contribution in [0.4, 0.5) is 11.6 Å². The first-order valence-corrected chi connectivity index (χ1v) is 6.77. The zero-order chi connectivity index (χ0) is 14.5. The highest BCUT2D eigenvalue weighted by atomic mass is 15.3. The molecule has 20 heavy (non-hydrogen) atoms. The molecule has 5 nitrogen and oxygen atoms in total. The van der Waals surface area contributed by atoms with Crippen LogP contribution in [-0.2, 0) is 0 Å². The van der Waals surface area contributed by atoms with E-state index in [4.69, 9.17) is 5.84 Å². The van der Waals surface area contributed by atoms with Crippen LogP contribution in [0.2, 0.25) is 0 Å². The minimum absolute atomic E-state index is 0.164. The van der Waals surface area contributed by atoms with E-state index < -0.39 is 0 Å². The maximum absolute atomic E-state index is 5.46. The van der Waals surface area contributed by atoms with Gasteiger partial charge in [-0.05, 0) is 12.5 Å². The molecule has 106 valence electrons. The summed E-state index contributed by atoms with van der Waals surface area (Å²) in [6, 6.07) is 12.2. The molecule has 4 N–H and O–H groups in total. The second-order valence-corrected chi connectivity index (χ2v) is 5.07. The average molecular weight is 271 g/mol. The SMILES string of the molecule is CC(C)c1nc(NN)cc(NC(C)c2ccccc2)n1. The van der Waals surface area contributed by atoms with Crippen molar-refractivity contribution in [3.8, 4) is 0 Å². The second-order valence-electron chi connectivity index (χ2n) is 5.07. The van der Waals surface area contributed by atoms with Crippen LogP contribution < -0.4 is 16.6 Å². The Morgan fingerprint density at radius 1 is 1.00 bits per heavy atom. The molecule has 1 aromatic heterocycles. The topological polar surface area (TPSA) is 75.9 Å². The Morgan fingerprint density at radius 3 is 2.25 bits per heavy atom. The first-order chi connectivity index (χ1) is 9.60. The molecule has 1 heterocycles. The fourth-order valence-corrected chi connectivity index (χ4v) is 1.92. The molecule has 0 spiro atoms. The van der Waals surface area contributed by atoms with Crippen molar-refractivity contribution in [2.45, 2.75) is 32.7 Å². The minimum atomic E-state index is 0.164. The smallest absolute Gasteiger partial charge is 0.145 e. The number of hydrogen-bond donors (Lipinski definition) is 3. The third-order valence-electron chi connectivity index (χ3n) is 3.07. The van der Waals surface area contributed by atoms with Crippen LogP contribution in [0, 0.1) is 0 Å². The van der Waals surface area contributed by atoms with E-state index in [1.165, 1.54) is 5.56 Å². The summed E-state index contributed by atoms with van der Waals surface area (Å²) >= 11 is 0. The molecule has 2 rings (SSSR count). The van der Waals surface area contributed by atoms with Crippen molar-refractivity contribution in [1.29, 1.82) is 0 Å². The van der Waals surface area contributed by atoms with Crippen LogP contribution in [0.1, 0.15) is 44.1 Å². The molecule has 5 heteroatoms. The quantitative estimate of drug-likeness (QED) is 0.575. The molecule has 0 bridgehead atoms. The number of nitrogen functional groups attached to an aromatic ring is 1. The maximum atomic E-state index is 5.46. The highest BCUT2D eigenvalue weighted by Crippen LogP contribution is 2.21. The summed E-state index contributed by atoms with van der Waals surface area (Å²) in [4.78, 5) is 8.87. The summed E-state index contributed by atoms with van der Waals surface area (Å²) in [6.45, 7) is 6.21. The molecular weight excluding hydrogens is 250 g/mol. The molecule has 0 saturated carbocycles. The molecule has 0 fully saturated rings. The number of rotatable bonds is 5. The molecule has 0 radical (unpaired) electrons. The van der Waals surface area contributed by atoms with Crippen LogP contribution in [0.3, 0.4) is 0 Å². The summed E-state index contributed by atoms with van der Waals surface area (Å²) in [5.74, 6) is 7.86. The van der Waals surface area contributed by atoms with Gasteiger partial charge in [0.05, 0.1) is 0 Å². The highest BCUT2D eigenvalue weighted by Gasteiger charge is 2.10. The molecule has 0 aliphatic heterocycles. The lowest BCUT2D eigenvalue weighted by Gasteiger charge is -2.17. The van der Waals surface area contributed by atoms with Gasteiger partial charge >= 0.3 is 0 Å². The van der Waals surface area contributed by atoms with E-state index in [-0.39, 0.29) is 12.0 Å². The zero-order valence-corrected chi connectivity index (χ0v) is 12.1. The van der Waals surface area contributed by atoms with Crippen molar-refractivity contribution in [3.63, 3.8) is 0 Å². The number of nitrogens with one attached hydrogen (secondary N) is 2. The normalized spacial score (nSPS) is 12.2. The van der Waals surface area contributed by atoms with Crippen LogP contribution in [-0.4, -0.2) is 9.97 Å². The van der Waals surface area contributed by atoms with E-state index in [0.717, 1.165) is 11.6 Å². The molecule has 0 saturated heterocycles. The summed E-state index contributed by atoms with van der Waals surface area (Å²) in [5.41, 5.74) is 3.79. The summed E-state index contributed by atoms with van der Waals surface area (Å²) in [5, 5.41) is 3.38. The first kappa shape index (κ1) is 14.3. The lowest BCUT2D eigenvalue weighted by Crippen LogP contribution is -2.14. The summed E-state index contributed by atoms with van der Waals surface area (Å²) < 4.78 is 0. The van der Waals surface area contributed by atoms with Crippen molar-refractivity contribution < 1.29 is 0 Å². The molecule has 2 aromatic rings. The number of benzene rings is 1. The molecule has 0 aliphatic rings. The van der Waals surface area contributed by atoms with Crippen LogP contribution in [0.5, 0.6) is 0 Å². The van der Waals surface area contributed by atoms with Gasteiger partial charge in [0, 0.05) is 18.0 Å². The molecule has 1 aromatic carbocycles. The monoisotopic (exact) mass is 271 g/mol. The number of hydrazine groups is 1. The van der Waals surface area contributed by atoms with Crippen molar-refractivity contribution in [1.82, 2.24) is 9.97 Å².